The molecule has 1 aromatic carbocycles. The Hall–Kier alpha value is -2.30. The summed E-state index contributed by atoms with van der Waals surface area (Å²) in [5.41, 5.74) is 1.52. The monoisotopic (exact) mass is 297 g/mol. The fourth-order valence-corrected chi connectivity index (χ4v) is 3.29. The molecule has 1 aliphatic heterocycles. The largest absolute Gasteiger partial charge is 0.361 e. The van der Waals surface area contributed by atoms with Crippen LogP contribution in [-0.4, -0.2) is 40.8 Å². The highest BCUT2D eigenvalue weighted by molar-refractivity contribution is 6.05. The lowest BCUT2D eigenvalue weighted by Crippen LogP contribution is -2.32. The Morgan fingerprint density at radius 2 is 2.18 bits per heavy atom. The first kappa shape index (κ1) is 13.4. The number of benzene rings is 1. The minimum Gasteiger partial charge on any atom is -0.361 e. The first-order valence-electron chi connectivity index (χ1n) is 7.86. The summed E-state index contributed by atoms with van der Waals surface area (Å²) in [5.74, 6) is 0.401. The number of amides is 2. The Morgan fingerprint density at radius 3 is 3.00 bits per heavy atom. The van der Waals surface area contributed by atoms with E-state index in [9.17, 15) is 9.59 Å². The molecular formula is C17H19N3O2. The first-order valence-corrected chi connectivity index (χ1v) is 7.86. The van der Waals surface area contributed by atoms with Crippen LogP contribution < -0.4 is 5.32 Å². The van der Waals surface area contributed by atoms with E-state index in [-0.39, 0.29) is 17.7 Å². The molecule has 2 aromatic rings. The zero-order valence-corrected chi connectivity index (χ0v) is 12.3. The second kappa shape index (κ2) is 5.16. The Labute approximate surface area is 128 Å². The fraction of sp³-hybridized carbons (Fsp3) is 0.412. The molecule has 4 rings (SSSR count). The molecule has 1 saturated heterocycles. The van der Waals surface area contributed by atoms with Crippen molar-refractivity contribution in [3.63, 3.8) is 0 Å². The summed E-state index contributed by atoms with van der Waals surface area (Å²) in [4.78, 5) is 29.4. The summed E-state index contributed by atoms with van der Waals surface area (Å²) in [7, 11) is 0. The third-order valence-electron chi connectivity index (χ3n) is 4.61. The van der Waals surface area contributed by atoms with Crippen LogP contribution in [0.5, 0.6) is 0 Å². The van der Waals surface area contributed by atoms with Gasteiger partial charge in [-0.2, -0.15) is 0 Å². The van der Waals surface area contributed by atoms with Crippen LogP contribution in [0.1, 0.15) is 29.6 Å². The lowest BCUT2D eigenvalue weighted by Gasteiger charge is -2.15. The normalized spacial score (nSPS) is 21.5. The highest BCUT2D eigenvalue weighted by Gasteiger charge is 2.39. The number of aromatic amines is 1. The minimum atomic E-state index is -0.0784. The van der Waals surface area contributed by atoms with Crippen molar-refractivity contribution < 1.29 is 9.59 Å². The van der Waals surface area contributed by atoms with E-state index in [2.05, 4.69) is 10.3 Å². The van der Waals surface area contributed by atoms with Gasteiger partial charge < -0.3 is 15.2 Å². The number of H-pyrrole nitrogens is 1. The van der Waals surface area contributed by atoms with Crippen molar-refractivity contribution in [1.29, 1.82) is 0 Å². The van der Waals surface area contributed by atoms with E-state index in [4.69, 9.17) is 0 Å². The van der Waals surface area contributed by atoms with Crippen LogP contribution in [-0.2, 0) is 4.79 Å². The molecule has 2 fully saturated rings. The van der Waals surface area contributed by atoms with Gasteiger partial charge in [-0.15, -0.1) is 0 Å². The summed E-state index contributed by atoms with van der Waals surface area (Å²) < 4.78 is 0. The van der Waals surface area contributed by atoms with Crippen molar-refractivity contribution in [2.75, 3.05) is 13.1 Å². The van der Waals surface area contributed by atoms with Crippen molar-refractivity contribution in [1.82, 2.24) is 15.2 Å². The number of nitrogens with zero attached hydrogens (tertiary/aromatic N) is 1. The molecule has 2 amide bonds. The Bertz CT molecular complexity index is 732. The minimum absolute atomic E-state index is 0.0784. The van der Waals surface area contributed by atoms with Gasteiger partial charge in [0.05, 0.1) is 11.1 Å². The van der Waals surface area contributed by atoms with Crippen LogP contribution in [0.4, 0.5) is 0 Å². The average molecular weight is 297 g/mol. The van der Waals surface area contributed by atoms with Crippen molar-refractivity contribution in [2.24, 2.45) is 5.92 Å². The zero-order valence-electron chi connectivity index (χ0n) is 12.3. The molecule has 1 aliphatic carbocycles. The molecule has 2 aliphatic rings. The van der Waals surface area contributed by atoms with Gasteiger partial charge >= 0.3 is 0 Å². The van der Waals surface area contributed by atoms with Gasteiger partial charge in [0, 0.05) is 43.1 Å². The van der Waals surface area contributed by atoms with Crippen LogP contribution >= 0.6 is 0 Å². The highest BCUT2D eigenvalue weighted by atomic mass is 16.2. The molecule has 2 heterocycles. The van der Waals surface area contributed by atoms with E-state index in [1.54, 1.807) is 0 Å². The third-order valence-corrected chi connectivity index (χ3v) is 4.61. The third kappa shape index (κ3) is 2.36. The first-order chi connectivity index (χ1) is 10.7. The predicted octanol–water partition coefficient (Wildman–Crippen LogP) is 1.91. The summed E-state index contributed by atoms with van der Waals surface area (Å²) >= 11 is 0. The SMILES string of the molecule is O=C(NC[C@H]1CC(=O)N(C2CC2)C1)c1cccc2cc[nH]c12. The number of nitrogens with one attached hydrogen (secondary N) is 2. The quantitative estimate of drug-likeness (QED) is 0.905. The predicted molar refractivity (Wildman–Crippen MR) is 83.5 cm³/mol. The van der Waals surface area contributed by atoms with Gasteiger partial charge in [-0.25, -0.2) is 0 Å². The van der Waals surface area contributed by atoms with E-state index in [1.807, 2.05) is 35.4 Å². The molecule has 1 aromatic heterocycles. The van der Waals surface area contributed by atoms with Gasteiger partial charge in [0.15, 0.2) is 0 Å². The smallest absolute Gasteiger partial charge is 0.253 e. The van der Waals surface area contributed by atoms with Crippen molar-refractivity contribution >= 4 is 22.7 Å². The standard InChI is InChI=1S/C17H19N3O2/c21-15-8-11(10-20(15)13-4-5-13)9-19-17(22)14-3-1-2-12-6-7-18-16(12)14/h1-3,6-7,11,13,18H,4-5,8-10H2,(H,19,22)/t11-/m1/s1. The maximum atomic E-state index is 12.4. The molecule has 1 atom stereocenters. The van der Waals surface area contributed by atoms with Crippen LogP contribution in [0.25, 0.3) is 10.9 Å². The van der Waals surface area contributed by atoms with Crippen LogP contribution in [0.15, 0.2) is 30.5 Å². The second-order valence-electron chi connectivity index (χ2n) is 6.30. The van der Waals surface area contributed by atoms with Gasteiger partial charge in [-0.3, -0.25) is 9.59 Å². The fourth-order valence-electron chi connectivity index (χ4n) is 3.29. The Morgan fingerprint density at radius 1 is 1.32 bits per heavy atom. The molecule has 5 heteroatoms. The maximum absolute atomic E-state index is 12.4. The van der Waals surface area contributed by atoms with Crippen molar-refractivity contribution in [3.8, 4) is 0 Å². The summed E-state index contributed by atoms with van der Waals surface area (Å²) in [6.07, 6.45) is 4.67. The highest BCUT2D eigenvalue weighted by Crippen LogP contribution is 2.32. The van der Waals surface area contributed by atoms with Gasteiger partial charge in [-0.05, 0) is 25.0 Å². The van der Waals surface area contributed by atoms with Gasteiger partial charge in [0.25, 0.3) is 5.91 Å². The number of hydrogen-bond donors (Lipinski definition) is 2. The molecule has 5 nitrogen and oxygen atoms in total. The zero-order chi connectivity index (χ0) is 15.1. The molecule has 1 saturated carbocycles. The number of rotatable bonds is 4. The number of fused-ring (bicyclic) bond motifs is 1. The van der Waals surface area contributed by atoms with Gasteiger partial charge in [0.1, 0.15) is 0 Å². The number of aromatic nitrogens is 1. The molecular weight excluding hydrogens is 278 g/mol. The van der Waals surface area contributed by atoms with Gasteiger partial charge in [0.2, 0.25) is 5.91 Å². The lowest BCUT2D eigenvalue weighted by atomic mass is 10.1. The van der Waals surface area contributed by atoms with Crippen LogP contribution in [0.2, 0.25) is 0 Å². The van der Waals surface area contributed by atoms with Crippen molar-refractivity contribution in [3.05, 3.63) is 36.0 Å². The molecule has 2 N–H and O–H groups in total. The molecule has 0 bridgehead atoms. The lowest BCUT2D eigenvalue weighted by molar-refractivity contribution is -0.128. The number of carbonyl (C=O) groups is 2. The molecule has 0 spiro atoms. The number of para-hydroxylation sites is 1. The van der Waals surface area contributed by atoms with Crippen molar-refractivity contribution in [2.45, 2.75) is 25.3 Å². The van der Waals surface area contributed by atoms with Crippen LogP contribution in [0, 0.1) is 5.92 Å². The van der Waals surface area contributed by atoms with E-state index in [0.29, 0.717) is 24.6 Å². The van der Waals surface area contributed by atoms with E-state index >= 15 is 0 Å². The van der Waals surface area contributed by atoms with Crippen LogP contribution in [0.3, 0.4) is 0 Å². The molecule has 22 heavy (non-hydrogen) atoms. The van der Waals surface area contributed by atoms with E-state index in [0.717, 1.165) is 30.3 Å². The second-order valence-corrected chi connectivity index (χ2v) is 6.30. The van der Waals surface area contributed by atoms with E-state index in [1.165, 1.54) is 0 Å². The molecule has 0 unspecified atom stereocenters. The Kier molecular flexibility index (Phi) is 3.13. The van der Waals surface area contributed by atoms with E-state index < -0.39 is 0 Å². The summed E-state index contributed by atoms with van der Waals surface area (Å²) in [6.45, 7) is 1.35. The number of hydrogen-bond acceptors (Lipinski definition) is 2. The molecule has 114 valence electrons. The summed E-state index contributed by atoms with van der Waals surface area (Å²) in [5, 5.41) is 4.02. The Balaban J connectivity index is 1.40. The van der Waals surface area contributed by atoms with Gasteiger partial charge in [-0.1, -0.05) is 12.1 Å². The molecule has 0 radical (unpaired) electrons. The number of likely N-dealkylation sites (tertiary alicyclic amines) is 1. The number of carbonyl (C=O) groups excluding carboxylic acids is 2. The summed E-state index contributed by atoms with van der Waals surface area (Å²) in [6, 6.07) is 8.12. The topological polar surface area (TPSA) is 65.2 Å². The average Bonchev–Trinajstić information content (AvgIpc) is 3.12. The maximum Gasteiger partial charge on any atom is 0.253 e.